The van der Waals surface area contributed by atoms with Gasteiger partial charge in [-0.25, -0.2) is 17.6 Å². The Morgan fingerprint density at radius 1 is 0.795 bits per heavy atom. The van der Waals surface area contributed by atoms with Crippen LogP contribution in [0.4, 0.5) is 34.6 Å². The highest BCUT2D eigenvalue weighted by molar-refractivity contribution is 8.00. The third-order valence-corrected chi connectivity index (χ3v) is 6.61. The molecule has 1 unspecified atom stereocenters. The van der Waals surface area contributed by atoms with Crippen LogP contribution in [-0.4, -0.2) is 16.7 Å². The van der Waals surface area contributed by atoms with Gasteiger partial charge < -0.3 is 10.6 Å². The van der Waals surface area contributed by atoms with Crippen molar-refractivity contribution in [3.63, 3.8) is 0 Å². The second-order valence-electron chi connectivity index (χ2n) is 8.03. The van der Waals surface area contributed by atoms with Crippen LogP contribution in [0.3, 0.4) is 0 Å². The Morgan fingerprint density at radius 3 is 2.13 bits per heavy atom. The first-order valence-corrected chi connectivity index (χ1v) is 12.0. The van der Waals surface area contributed by atoms with E-state index in [-0.39, 0.29) is 17.3 Å². The van der Waals surface area contributed by atoms with E-state index >= 15 is 0 Å². The molecule has 0 radical (unpaired) electrons. The van der Waals surface area contributed by atoms with Gasteiger partial charge in [-0.05, 0) is 29.8 Å². The minimum absolute atomic E-state index is 0.0389. The van der Waals surface area contributed by atoms with Crippen LogP contribution in [0, 0.1) is 33.4 Å². The molecule has 0 heterocycles. The van der Waals surface area contributed by atoms with Gasteiger partial charge in [0, 0.05) is 34.3 Å². The second kappa shape index (κ2) is 11.8. The van der Waals surface area contributed by atoms with Crippen LogP contribution in [0.1, 0.15) is 21.2 Å². The summed E-state index contributed by atoms with van der Waals surface area (Å²) in [5.41, 5.74) is -0.737. The summed E-state index contributed by atoms with van der Waals surface area (Å²) in [6.45, 7) is 0. The van der Waals surface area contributed by atoms with Crippen molar-refractivity contribution in [3.05, 3.63) is 129 Å². The van der Waals surface area contributed by atoms with Crippen molar-refractivity contribution in [2.75, 3.05) is 10.6 Å². The third-order valence-electron chi connectivity index (χ3n) is 5.37. The van der Waals surface area contributed by atoms with Crippen LogP contribution in [-0.2, 0) is 4.79 Å². The zero-order valence-corrected chi connectivity index (χ0v) is 20.5. The fourth-order valence-corrected chi connectivity index (χ4v) is 4.60. The number of benzene rings is 4. The lowest BCUT2D eigenvalue weighted by atomic mass is 10.1. The van der Waals surface area contributed by atoms with Crippen molar-refractivity contribution in [2.24, 2.45) is 0 Å². The van der Waals surface area contributed by atoms with Gasteiger partial charge in [0.2, 0.25) is 5.91 Å². The Bertz CT molecular complexity index is 1540. The molecule has 12 heteroatoms. The highest BCUT2D eigenvalue weighted by Crippen LogP contribution is 2.38. The van der Waals surface area contributed by atoms with E-state index in [1.807, 2.05) is 5.32 Å². The Kier molecular flexibility index (Phi) is 8.25. The van der Waals surface area contributed by atoms with E-state index in [4.69, 9.17) is 0 Å². The van der Waals surface area contributed by atoms with Gasteiger partial charge in [-0.15, -0.1) is 11.8 Å². The minimum Gasteiger partial charge on any atom is -0.322 e. The van der Waals surface area contributed by atoms with Crippen LogP contribution in [0.15, 0.2) is 89.8 Å². The number of carbonyl (C=O) groups is 2. The summed E-state index contributed by atoms with van der Waals surface area (Å²) in [5.74, 6) is -8.40. The number of nitro groups is 1. The normalized spacial score (nSPS) is 11.5. The van der Waals surface area contributed by atoms with Crippen LogP contribution in [0.25, 0.3) is 0 Å². The zero-order chi connectivity index (χ0) is 28.1. The molecule has 0 saturated carbocycles. The van der Waals surface area contributed by atoms with E-state index in [2.05, 4.69) is 5.32 Å². The molecule has 0 aliphatic heterocycles. The number of anilines is 2. The molecule has 0 spiro atoms. The maximum absolute atomic E-state index is 14.2. The lowest BCUT2D eigenvalue weighted by Gasteiger charge is -2.18. The van der Waals surface area contributed by atoms with Crippen molar-refractivity contribution in [1.29, 1.82) is 0 Å². The number of nitro benzene ring substituents is 1. The maximum atomic E-state index is 14.2. The van der Waals surface area contributed by atoms with Gasteiger partial charge in [-0.3, -0.25) is 19.7 Å². The first kappa shape index (κ1) is 27.3. The molecule has 198 valence electrons. The summed E-state index contributed by atoms with van der Waals surface area (Å²) in [5, 5.41) is 14.4. The number of nitrogens with one attached hydrogen (secondary N) is 2. The molecule has 39 heavy (non-hydrogen) atoms. The summed E-state index contributed by atoms with van der Waals surface area (Å²) < 4.78 is 55.7. The van der Waals surface area contributed by atoms with E-state index in [0.29, 0.717) is 16.1 Å². The smallest absolute Gasteiger partial charge is 0.270 e. The van der Waals surface area contributed by atoms with E-state index in [1.165, 1.54) is 24.3 Å². The Morgan fingerprint density at radius 2 is 1.46 bits per heavy atom. The highest BCUT2D eigenvalue weighted by Gasteiger charge is 2.27. The van der Waals surface area contributed by atoms with E-state index < -0.39 is 50.9 Å². The average Bonchev–Trinajstić information content (AvgIpc) is 2.93. The van der Waals surface area contributed by atoms with Gasteiger partial charge in [0.15, 0.2) is 23.3 Å². The number of amides is 2. The fraction of sp³-hybridized carbons (Fsp3) is 0.0370. The average molecular weight is 556 g/mol. The predicted molar refractivity (Wildman–Crippen MR) is 137 cm³/mol. The number of nitrogens with zero attached hydrogens (tertiary/aromatic N) is 1. The quantitative estimate of drug-likeness (QED) is 0.0812. The number of thioether (sulfide) groups is 1. The monoisotopic (exact) mass is 555 g/mol. The van der Waals surface area contributed by atoms with Gasteiger partial charge >= 0.3 is 0 Å². The Balaban J connectivity index is 1.59. The van der Waals surface area contributed by atoms with Crippen molar-refractivity contribution in [3.8, 4) is 0 Å². The van der Waals surface area contributed by atoms with Gasteiger partial charge in [-0.2, -0.15) is 0 Å². The van der Waals surface area contributed by atoms with E-state index in [1.54, 1.807) is 48.5 Å². The van der Waals surface area contributed by atoms with Crippen LogP contribution in [0.2, 0.25) is 0 Å². The topological polar surface area (TPSA) is 101 Å². The second-order valence-corrected chi connectivity index (χ2v) is 9.21. The number of carbonyl (C=O) groups excluding carboxylic acids is 2. The molecule has 4 rings (SSSR count). The summed E-state index contributed by atoms with van der Waals surface area (Å²) >= 11 is 0.948. The SMILES string of the molecule is O=C(Nc1cccc(SC(C(=O)Nc2c(F)c(F)cc(F)c2F)c2ccccc2)c1)c1cccc([N+](=O)[O-])c1. The van der Waals surface area contributed by atoms with Crippen LogP contribution < -0.4 is 10.6 Å². The molecule has 2 amide bonds. The van der Waals surface area contributed by atoms with Crippen molar-refractivity contribution in [1.82, 2.24) is 0 Å². The molecular formula is C27H17F4N3O4S. The molecule has 0 aliphatic rings. The molecule has 7 nitrogen and oxygen atoms in total. The van der Waals surface area contributed by atoms with E-state index in [0.717, 1.165) is 17.8 Å². The number of rotatable bonds is 8. The largest absolute Gasteiger partial charge is 0.322 e. The lowest BCUT2D eigenvalue weighted by molar-refractivity contribution is -0.384. The number of halogens is 4. The van der Waals surface area contributed by atoms with Crippen LogP contribution in [0.5, 0.6) is 0 Å². The predicted octanol–water partition coefficient (Wildman–Crippen LogP) is 6.88. The first-order valence-electron chi connectivity index (χ1n) is 11.2. The summed E-state index contributed by atoms with van der Waals surface area (Å²) in [7, 11) is 0. The molecule has 0 aliphatic carbocycles. The lowest BCUT2D eigenvalue weighted by Crippen LogP contribution is -2.21. The third kappa shape index (κ3) is 6.41. The highest BCUT2D eigenvalue weighted by atomic mass is 32.2. The minimum atomic E-state index is -1.75. The van der Waals surface area contributed by atoms with Crippen molar-refractivity contribution >= 4 is 40.6 Å². The van der Waals surface area contributed by atoms with Gasteiger partial charge in [0.1, 0.15) is 10.9 Å². The molecule has 0 bridgehead atoms. The van der Waals surface area contributed by atoms with E-state index in [9.17, 15) is 37.3 Å². The molecule has 0 saturated heterocycles. The number of non-ortho nitro benzene ring substituents is 1. The Labute approximate surface area is 223 Å². The van der Waals surface area contributed by atoms with Gasteiger partial charge in [0.05, 0.1) is 4.92 Å². The zero-order valence-electron chi connectivity index (χ0n) is 19.7. The molecule has 0 fully saturated rings. The summed E-state index contributed by atoms with van der Waals surface area (Å²) in [4.78, 5) is 36.6. The first-order chi connectivity index (χ1) is 18.6. The van der Waals surface area contributed by atoms with Crippen molar-refractivity contribution in [2.45, 2.75) is 10.1 Å². The number of hydrogen-bond donors (Lipinski definition) is 2. The number of hydrogen-bond acceptors (Lipinski definition) is 5. The van der Waals surface area contributed by atoms with Crippen LogP contribution >= 0.6 is 11.8 Å². The molecule has 4 aromatic rings. The van der Waals surface area contributed by atoms with Gasteiger partial charge in [0.25, 0.3) is 11.6 Å². The molecule has 1 atom stereocenters. The molecule has 4 aromatic carbocycles. The summed E-state index contributed by atoms with van der Waals surface area (Å²) in [6, 6.07) is 19.6. The van der Waals surface area contributed by atoms with Gasteiger partial charge in [-0.1, -0.05) is 42.5 Å². The molecular weight excluding hydrogens is 538 g/mol. The molecule has 2 N–H and O–H groups in total. The standard InChI is InChI=1S/C27H17F4N3O4S/c28-20-14-21(29)23(31)24(22(20)30)33-27(36)25(15-6-2-1-3-7-15)39-19-11-5-9-17(13-19)32-26(35)16-8-4-10-18(12-16)34(37)38/h1-14,25H,(H,32,35)(H,33,36). The molecule has 0 aromatic heterocycles. The maximum Gasteiger partial charge on any atom is 0.270 e. The fourth-order valence-electron chi connectivity index (χ4n) is 3.52. The van der Waals surface area contributed by atoms with Crippen molar-refractivity contribution < 1.29 is 32.1 Å². The summed E-state index contributed by atoms with van der Waals surface area (Å²) in [6.07, 6.45) is 0. The Hall–Kier alpha value is -4.71.